The lowest BCUT2D eigenvalue weighted by atomic mass is 9.94. The second kappa shape index (κ2) is 6.77. The van der Waals surface area contributed by atoms with Crippen molar-refractivity contribution in [1.29, 1.82) is 0 Å². The zero-order valence-electron chi connectivity index (χ0n) is 15.9. The maximum absolute atomic E-state index is 12.9. The molecule has 1 spiro atoms. The zero-order chi connectivity index (χ0) is 18.3. The highest BCUT2D eigenvalue weighted by atomic mass is 16.2. The molecule has 1 amide bonds. The second-order valence-electron chi connectivity index (χ2n) is 8.70. The van der Waals surface area contributed by atoms with Crippen LogP contribution in [0.4, 0.5) is 0 Å². The van der Waals surface area contributed by atoms with Gasteiger partial charge >= 0.3 is 0 Å². The molecule has 3 heterocycles. The second-order valence-corrected chi connectivity index (χ2v) is 8.70. The van der Waals surface area contributed by atoms with E-state index in [9.17, 15) is 4.79 Å². The quantitative estimate of drug-likeness (QED) is 0.833. The molecule has 2 aliphatic carbocycles. The fourth-order valence-corrected chi connectivity index (χ4v) is 5.41. The third-order valence-corrected chi connectivity index (χ3v) is 7.08. The van der Waals surface area contributed by atoms with E-state index < -0.39 is 0 Å². The van der Waals surface area contributed by atoms with Gasteiger partial charge in [-0.25, -0.2) is 4.98 Å². The minimum absolute atomic E-state index is 0.337. The van der Waals surface area contributed by atoms with E-state index >= 15 is 0 Å². The third-order valence-electron chi connectivity index (χ3n) is 7.08. The first-order valence-electron chi connectivity index (χ1n) is 10.4. The van der Waals surface area contributed by atoms with Gasteiger partial charge in [0.2, 0.25) is 5.91 Å². The Morgan fingerprint density at radius 2 is 2.00 bits per heavy atom. The Bertz CT molecular complexity index is 801. The number of hydrogen-bond donors (Lipinski definition) is 0. The molecular formula is C22H28N4O. The van der Waals surface area contributed by atoms with Crippen LogP contribution in [0.2, 0.25) is 0 Å². The third kappa shape index (κ3) is 3.17. The summed E-state index contributed by atoms with van der Waals surface area (Å²) >= 11 is 0. The van der Waals surface area contributed by atoms with Gasteiger partial charge in [-0.05, 0) is 49.1 Å². The summed E-state index contributed by atoms with van der Waals surface area (Å²) in [5.41, 5.74) is 1.61. The SMILES string of the molecule is O=C([C@H]1CC12CCCC2)N1CCC(c2nccn2Cc2cccnc2)CC1. The van der Waals surface area contributed by atoms with Crippen LogP contribution >= 0.6 is 0 Å². The summed E-state index contributed by atoms with van der Waals surface area (Å²) < 4.78 is 2.24. The molecule has 0 bridgehead atoms. The van der Waals surface area contributed by atoms with E-state index in [1.807, 2.05) is 18.5 Å². The number of amides is 1. The smallest absolute Gasteiger partial charge is 0.226 e. The molecule has 0 aromatic carbocycles. The van der Waals surface area contributed by atoms with Gasteiger partial charge < -0.3 is 9.47 Å². The Balaban J connectivity index is 1.20. The molecule has 1 saturated heterocycles. The predicted octanol–water partition coefficient (Wildman–Crippen LogP) is 3.61. The summed E-state index contributed by atoms with van der Waals surface area (Å²) in [7, 11) is 0. The number of aromatic nitrogens is 3. The molecule has 2 saturated carbocycles. The summed E-state index contributed by atoms with van der Waals surface area (Å²) in [4.78, 5) is 23.9. The van der Waals surface area contributed by atoms with E-state index in [1.165, 1.54) is 31.2 Å². The number of imidazole rings is 1. The van der Waals surface area contributed by atoms with E-state index in [2.05, 4.69) is 31.7 Å². The molecule has 5 nitrogen and oxygen atoms in total. The van der Waals surface area contributed by atoms with Crippen molar-refractivity contribution in [2.75, 3.05) is 13.1 Å². The highest BCUT2D eigenvalue weighted by molar-refractivity contribution is 5.83. The van der Waals surface area contributed by atoms with Crippen molar-refractivity contribution in [3.05, 3.63) is 48.3 Å². The van der Waals surface area contributed by atoms with Crippen LogP contribution in [-0.2, 0) is 11.3 Å². The van der Waals surface area contributed by atoms with E-state index in [1.54, 1.807) is 6.20 Å². The molecule has 3 fully saturated rings. The van der Waals surface area contributed by atoms with E-state index in [4.69, 9.17) is 0 Å². The summed E-state index contributed by atoms with van der Waals surface area (Å²) in [5.74, 6) is 2.38. The van der Waals surface area contributed by atoms with Gasteiger partial charge in [-0.2, -0.15) is 0 Å². The molecule has 0 radical (unpaired) electrons. The lowest BCUT2D eigenvalue weighted by molar-refractivity contribution is -0.134. The normalized spacial score (nSPS) is 24.4. The Labute approximate surface area is 160 Å². The number of likely N-dealkylation sites (tertiary alicyclic amines) is 1. The maximum Gasteiger partial charge on any atom is 0.226 e. The molecule has 1 atom stereocenters. The van der Waals surface area contributed by atoms with Gasteiger partial charge in [0, 0.05) is 49.7 Å². The van der Waals surface area contributed by atoms with Gasteiger partial charge in [0.25, 0.3) is 0 Å². The number of rotatable bonds is 4. The van der Waals surface area contributed by atoms with Crippen LogP contribution in [0, 0.1) is 11.3 Å². The lowest BCUT2D eigenvalue weighted by Crippen LogP contribution is -2.40. The first-order valence-corrected chi connectivity index (χ1v) is 10.4. The summed E-state index contributed by atoms with van der Waals surface area (Å²) in [5, 5.41) is 0. The summed E-state index contributed by atoms with van der Waals surface area (Å²) in [6.45, 7) is 2.58. The number of carbonyl (C=O) groups is 1. The zero-order valence-corrected chi connectivity index (χ0v) is 15.9. The molecule has 0 N–H and O–H groups in total. The molecule has 5 rings (SSSR count). The fourth-order valence-electron chi connectivity index (χ4n) is 5.41. The van der Waals surface area contributed by atoms with Crippen molar-refractivity contribution in [3.63, 3.8) is 0 Å². The van der Waals surface area contributed by atoms with Crippen LogP contribution in [0.25, 0.3) is 0 Å². The van der Waals surface area contributed by atoms with Gasteiger partial charge in [-0.15, -0.1) is 0 Å². The van der Waals surface area contributed by atoms with Crippen molar-refractivity contribution in [2.24, 2.45) is 11.3 Å². The molecule has 1 aliphatic heterocycles. The van der Waals surface area contributed by atoms with Crippen LogP contribution in [0.1, 0.15) is 62.3 Å². The largest absolute Gasteiger partial charge is 0.342 e. The van der Waals surface area contributed by atoms with Crippen LogP contribution in [0.15, 0.2) is 36.9 Å². The Kier molecular flexibility index (Phi) is 4.25. The van der Waals surface area contributed by atoms with Crippen molar-refractivity contribution in [1.82, 2.24) is 19.4 Å². The standard InChI is InChI=1S/C22H28N4O/c27-21(19-14-22(19)7-1-2-8-22)25-11-5-18(6-12-25)20-24-10-13-26(20)16-17-4-3-9-23-15-17/h3-4,9-10,13,15,18-19H,1-2,5-8,11-12,14,16H2/t19-/m1/s1. The number of carbonyl (C=O) groups excluding carboxylic acids is 1. The maximum atomic E-state index is 12.9. The molecule has 142 valence electrons. The predicted molar refractivity (Wildman–Crippen MR) is 103 cm³/mol. The number of hydrogen-bond acceptors (Lipinski definition) is 3. The highest BCUT2D eigenvalue weighted by Crippen LogP contribution is 2.63. The van der Waals surface area contributed by atoms with Gasteiger partial charge in [0.05, 0.1) is 6.54 Å². The van der Waals surface area contributed by atoms with Crippen LogP contribution in [0.3, 0.4) is 0 Å². The Morgan fingerprint density at radius 3 is 2.74 bits per heavy atom. The van der Waals surface area contributed by atoms with Crippen LogP contribution < -0.4 is 0 Å². The number of nitrogens with zero attached hydrogens (tertiary/aromatic N) is 4. The molecule has 5 heteroatoms. The highest BCUT2D eigenvalue weighted by Gasteiger charge is 2.59. The van der Waals surface area contributed by atoms with Gasteiger partial charge in [-0.3, -0.25) is 9.78 Å². The minimum atomic E-state index is 0.337. The molecular weight excluding hydrogens is 336 g/mol. The van der Waals surface area contributed by atoms with Crippen molar-refractivity contribution in [2.45, 2.75) is 57.4 Å². The lowest BCUT2D eigenvalue weighted by Gasteiger charge is -2.32. The summed E-state index contributed by atoms with van der Waals surface area (Å²) in [6, 6.07) is 4.08. The fraction of sp³-hybridized carbons (Fsp3) is 0.591. The monoisotopic (exact) mass is 364 g/mol. The number of pyridine rings is 1. The van der Waals surface area contributed by atoms with Gasteiger partial charge in [0.1, 0.15) is 5.82 Å². The average molecular weight is 364 g/mol. The number of piperidine rings is 1. The van der Waals surface area contributed by atoms with E-state index in [-0.39, 0.29) is 0 Å². The molecule has 2 aromatic heterocycles. The van der Waals surface area contributed by atoms with Crippen molar-refractivity contribution in [3.8, 4) is 0 Å². The van der Waals surface area contributed by atoms with Crippen LogP contribution in [0.5, 0.6) is 0 Å². The Morgan fingerprint density at radius 1 is 1.19 bits per heavy atom. The van der Waals surface area contributed by atoms with Gasteiger partial charge in [0.15, 0.2) is 0 Å². The van der Waals surface area contributed by atoms with Crippen LogP contribution in [-0.4, -0.2) is 38.4 Å². The van der Waals surface area contributed by atoms with Crippen molar-refractivity contribution >= 4 is 5.91 Å². The first kappa shape index (κ1) is 17.0. The van der Waals surface area contributed by atoms with E-state index in [0.29, 0.717) is 23.2 Å². The average Bonchev–Trinajstić information content (AvgIpc) is 3.01. The molecule has 3 aliphatic rings. The topological polar surface area (TPSA) is 51.0 Å². The molecule has 2 aromatic rings. The summed E-state index contributed by atoms with van der Waals surface area (Å²) in [6.07, 6.45) is 16.1. The Hall–Kier alpha value is -2.17. The molecule has 0 unspecified atom stereocenters. The van der Waals surface area contributed by atoms with E-state index in [0.717, 1.165) is 44.7 Å². The van der Waals surface area contributed by atoms with Gasteiger partial charge in [-0.1, -0.05) is 18.9 Å². The molecule has 27 heavy (non-hydrogen) atoms. The minimum Gasteiger partial charge on any atom is -0.342 e. The van der Waals surface area contributed by atoms with Crippen molar-refractivity contribution < 1.29 is 4.79 Å². The first-order chi connectivity index (χ1) is 13.3.